The molecule has 1 aliphatic heterocycles. The van der Waals surface area contributed by atoms with Gasteiger partial charge in [-0.25, -0.2) is 4.79 Å². The van der Waals surface area contributed by atoms with Crippen LogP contribution in [0.2, 0.25) is 0 Å². The number of rotatable bonds is 1. The Labute approximate surface area is 125 Å². The summed E-state index contributed by atoms with van der Waals surface area (Å²) in [4.78, 5) is 14.1. The Hall–Kier alpha value is -1.22. The minimum absolute atomic E-state index is 0.0890. The number of amides is 1. The molecule has 1 aromatic rings. The number of benzene rings is 1. The fourth-order valence-corrected chi connectivity index (χ4v) is 2.66. The van der Waals surface area contributed by atoms with E-state index in [1.807, 2.05) is 32.9 Å². The van der Waals surface area contributed by atoms with Crippen LogP contribution >= 0.6 is 11.6 Å². The van der Waals surface area contributed by atoms with Crippen molar-refractivity contribution in [2.24, 2.45) is 0 Å². The van der Waals surface area contributed by atoms with E-state index in [1.54, 1.807) is 4.90 Å². The van der Waals surface area contributed by atoms with Gasteiger partial charge >= 0.3 is 6.09 Å². The molecule has 4 heteroatoms. The van der Waals surface area contributed by atoms with Gasteiger partial charge in [-0.05, 0) is 38.0 Å². The Morgan fingerprint density at radius 3 is 2.60 bits per heavy atom. The van der Waals surface area contributed by atoms with Crippen LogP contribution < -0.4 is 4.90 Å². The molecule has 20 heavy (non-hydrogen) atoms. The number of hydrogen-bond donors (Lipinski definition) is 0. The zero-order valence-corrected chi connectivity index (χ0v) is 13.5. The summed E-state index contributed by atoms with van der Waals surface area (Å²) in [6.07, 6.45) is -0.289. The van der Waals surface area contributed by atoms with Crippen LogP contribution in [0.4, 0.5) is 10.5 Å². The smallest absolute Gasteiger partial charge is 0.414 e. The monoisotopic (exact) mass is 295 g/mol. The molecule has 0 fully saturated rings. The molecule has 0 bridgehead atoms. The van der Waals surface area contributed by atoms with Crippen molar-refractivity contribution in [3.05, 3.63) is 29.3 Å². The summed E-state index contributed by atoms with van der Waals surface area (Å²) in [6.45, 7) is 10.5. The van der Waals surface area contributed by atoms with Crippen LogP contribution in [0.1, 0.15) is 45.7 Å². The SMILES string of the molecule is CC(C)(C)OC(=O)N1CC(C)(C)c2cc(CCl)ccc21. The first-order chi connectivity index (χ1) is 9.14. The molecule has 1 aromatic carbocycles. The minimum Gasteiger partial charge on any atom is -0.443 e. The topological polar surface area (TPSA) is 29.5 Å². The van der Waals surface area contributed by atoms with E-state index in [1.165, 1.54) is 0 Å². The van der Waals surface area contributed by atoms with Crippen molar-refractivity contribution in [1.29, 1.82) is 0 Å². The molecule has 0 unspecified atom stereocenters. The molecule has 1 aliphatic rings. The van der Waals surface area contributed by atoms with Gasteiger partial charge in [-0.1, -0.05) is 26.0 Å². The minimum atomic E-state index is -0.486. The van der Waals surface area contributed by atoms with Gasteiger partial charge in [0.25, 0.3) is 0 Å². The molecule has 0 saturated heterocycles. The highest BCUT2D eigenvalue weighted by molar-refractivity contribution is 6.17. The third-order valence-electron chi connectivity index (χ3n) is 3.40. The zero-order valence-electron chi connectivity index (χ0n) is 12.8. The summed E-state index contributed by atoms with van der Waals surface area (Å²) in [5, 5.41) is 0. The zero-order chi connectivity index (χ0) is 15.1. The van der Waals surface area contributed by atoms with Gasteiger partial charge in [-0.15, -0.1) is 11.6 Å². The maximum Gasteiger partial charge on any atom is 0.414 e. The summed E-state index contributed by atoms with van der Waals surface area (Å²) in [5.41, 5.74) is 2.58. The number of alkyl halides is 1. The highest BCUT2D eigenvalue weighted by atomic mass is 35.5. The number of carbonyl (C=O) groups is 1. The second kappa shape index (κ2) is 4.96. The second-order valence-corrected chi connectivity index (χ2v) is 7.20. The van der Waals surface area contributed by atoms with E-state index >= 15 is 0 Å². The first kappa shape index (κ1) is 15.2. The van der Waals surface area contributed by atoms with Gasteiger partial charge in [0.05, 0.1) is 5.69 Å². The molecular formula is C16H22ClNO2. The summed E-state index contributed by atoms with van der Waals surface area (Å²) < 4.78 is 5.49. The van der Waals surface area contributed by atoms with E-state index in [2.05, 4.69) is 19.9 Å². The van der Waals surface area contributed by atoms with Crippen LogP contribution in [0.3, 0.4) is 0 Å². The maximum absolute atomic E-state index is 12.3. The van der Waals surface area contributed by atoms with Crippen molar-refractivity contribution >= 4 is 23.4 Å². The lowest BCUT2D eigenvalue weighted by molar-refractivity contribution is 0.0579. The van der Waals surface area contributed by atoms with Crippen molar-refractivity contribution in [1.82, 2.24) is 0 Å². The Morgan fingerprint density at radius 1 is 1.40 bits per heavy atom. The standard InChI is InChI=1S/C16H22ClNO2/c1-15(2,3)20-14(19)18-10-16(4,5)12-8-11(9-17)6-7-13(12)18/h6-8H,9-10H2,1-5H3. The lowest BCUT2D eigenvalue weighted by Gasteiger charge is -2.25. The Balaban J connectivity index is 2.36. The molecule has 0 spiro atoms. The van der Waals surface area contributed by atoms with Crippen LogP contribution in [0.5, 0.6) is 0 Å². The lowest BCUT2D eigenvalue weighted by Crippen LogP contribution is -2.38. The lowest BCUT2D eigenvalue weighted by atomic mass is 9.86. The Kier molecular flexibility index (Phi) is 3.76. The summed E-state index contributed by atoms with van der Waals surface area (Å²) in [5.74, 6) is 0.482. The van der Waals surface area contributed by atoms with Crippen LogP contribution in [0.15, 0.2) is 18.2 Å². The van der Waals surface area contributed by atoms with E-state index in [-0.39, 0.29) is 11.5 Å². The van der Waals surface area contributed by atoms with Crippen molar-refractivity contribution in [3.63, 3.8) is 0 Å². The number of nitrogens with zero attached hydrogens (tertiary/aromatic N) is 1. The average molecular weight is 296 g/mol. The molecule has 3 nitrogen and oxygen atoms in total. The largest absolute Gasteiger partial charge is 0.443 e. The predicted molar refractivity (Wildman–Crippen MR) is 82.6 cm³/mol. The normalized spacial score (nSPS) is 17.0. The Morgan fingerprint density at radius 2 is 2.05 bits per heavy atom. The fourth-order valence-electron chi connectivity index (χ4n) is 2.49. The predicted octanol–water partition coefficient (Wildman–Crippen LogP) is 4.46. The van der Waals surface area contributed by atoms with Gasteiger partial charge in [0.15, 0.2) is 0 Å². The summed E-state index contributed by atoms with van der Waals surface area (Å²) in [6, 6.07) is 6.02. The van der Waals surface area contributed by atoms with Gasteiger partial charge in [0, 0.05) is 17.8 Å². The van der Waals surface area contributed by atoms with Crippen LogP contribution in [-0.4, -0.2) is 18.2 Å². The molecule has 0 atom stereocenters. The second-order valence-electron chi connectivity index (χ2n) is 6.94. The number of fused-ring (bicyclic) bond motifs is 1. The quantitative estimate of drug-likeness (QED) is 0.716. The molecule has 0 saturated carbocycles. The van der Waals surface area contributed by atoms with Crippen LogP contribution in [0, 0.1) is 0 Å². The number of anilines is 1. The van der Waals surface area contributed by atoms with E-state index in [0.29, 0.717) is 12.4 Å². The Bertz CT molecular complexity index is 532. The van der Waals surface area contributed by atoms with Crippen molar-refractivity contribution < 1.29 is 9.53 Å². The van der Waals surface area contributed by atoms with Crippen molar-refractivity contribution in [2.45, 2.75) is 51.5 Å². The van der Waals surface area contributed by atoms with E-state index < -0.39 is 5.60 Å². The molecule has 0 aromatic heterocycles. The number of halogens is 1. The van der Waals surface area contributed by atoms with Crippen LogP contribution in [-0.2, 0) is 16.0 Å². The molecule has 0 N–H and O–H groups in total. The molecule has 110 valence electrons. The molecular weight excluding hydrogens is 274 g/mol. The fraction of sp³-hybridized carbons (Fsp3) is 0.562. The molecule has 0 radical (unpaired) electrons. The summed E-state index contributed by atoms with van der Waals surface area (Å²) >= 11 is 5.90. The third kappa shape index (κ3) is 2.93. The highest BCUT2D eigenvalue weighted by Gasteiger charge is 2.39. The number of ether oxygens (including phenoxy) is 1. The molecule has 0 aliphatic carbocycles. The number of carbonyl (C=O) groups excluding carboxylic acids is 1. The average Bonchev–Trinajstić information content (AvgIpc) is 2.59. The van der Waals surface area contributed by atoms with Gasteiger partial charge < -0.3 is 4.74 Å². The number of hydrogen-bond acceptors (Lipinski definition) is 2. The van der Waals surface area contributed by atoms with E-state index in [0.717, 1.165) is 16.8 Å². The van der Waals surface area contributed by atoms with Crippen LogP contribution in [0.25, 0.3) is 0 Å². The molecule has 2 rings (SSSR count). The van der Waals surface area contributed by atoms with E-state index in [9.17, 15) is 4.79 Å². The van der Waals surface area contributed by atoms with E-state index in [4.69, 9.17) is 16.3 Å². The third-order valence-corrected chi connectivity index (χ3v) is 3.71. The summed E-state index contributed by atoms with van der Waals surface area (Å²) in [7, 11) is 0. The highest BCUT2D eigenvalue weighted by Crippen LogP contribution is 2.41. The molecule has 1 heterocycles. The van der Waals surface area contributed by atoms with Gasteiger partial charge in [0.1, 0.15) is 5.60 Å². The first-order valence-electron chi connectivity index (χ1n) is 6.84. The van der Waals surface area contributed by atoms with Gasteiger partial charge in [0.2, 0.25) is 0 Å². The molecule has 1 amide bonds. The maximum atomic E-state index is 12.3. The van der Waals surface area contributed by atoms with Gasteiger partial charge in [-0.3, -0.25) is 4.90 Å². The van der Waals surface area contributed by atoms with Crippen molar-refractivity contribution in [2.75, 3.05) is 11.4 Å². The van der Waals surface area contributed by atoms with Gasteiger partial charge in [-0.2, -0.15) is 0 Å². The first-order valence-corrected chi connectivity index (χ1v) is 7.37. The van der Waals surface area contributed by atoms with Crippen molar-refractivity contribution in [3.8, 4) is 0 Å².